The zero-order valence-corrected chi connectivity index (χ0v) is 12.1. The molecule has 3 heteroatoms. The van der Waals surface area contributed by atoms with Crippen LogP contribution in [0.3, 0.4) is 0 Å². The lowest BCUT2D eigenvalue weighted by atomic mass is 9.95. The van der Waals surface area contributed by atoms with Gasteiger partial charge in [-0.25, -0.2) is 4.39 Å². The summed E-state index contributed by atoms with van der Waals surface area (Å²) in [6.45, 7) is 2.11. The van der Waals surface area contributed by atoms with Crippen LogP contribution in [0.25, 0.3) is 0 Å². The summed E-state index contributed by atoms with van der Waals surface area (Å²) in [5.74, 6) is 0.303. The van der Waals surface area contributed by atoms with Crippen molar-refractivity contribution < 1.29 is 9.13 Å². The Kier molecular flexibility index (Phi) is 4.74. The lowest BCUT2D eigenvalue weighted by Crippen LogP contribution is -2.20. The van der Waals surface area contributed by atoms with E-state index < -0.39 is 0 Å². The minimum absolute atomic E-state index is 0.224. The van der Waals surface area contributed by atoms with E-state index in [0.29, 0.717) is 11.3 Å². The monoisotopic (exact) mass is 273 g/mol. The van der Waals surface area contributed by atoms with E-state index in [1.54, 1.807) is 19.2 Å². The Morgan fingerprint density at radius 2 is 1.95 bits per heavy atom. The van der Waals surface area contributed by atoms with Gasteiger partial charge in [-0.1, -0.05) is 37.3 Å². The molecule has 2 nitrogen and oxygen atoms in total. The fraction of sp³-hybridized carbons (Fsp3) is 0.294. The van der Waals surface area contributed by atoms with Crippen LogP contribution >= 0.6 is 0 Å². The molecular weight excluding hydrogens is 253 g/mol. The predicted molar refractivity (Wildman–Crippen MR) is 79.7 cm³/mol. The Balaban J connectivity index is 2.52. The first-order valence-corrected chi connectivity index (χ1v) is 6.79. The summed E-state index contributed by atoms with van der Waals surface area (Å²) >= 11 is 0. The third-order valence-electron chi connectivity index (χ3n) is 3.50. The number of methoxy groups -OCH3 is 1. The first-order valence-electron chi connectivity index (χ1n) is 6.79. The third kappa shape index (κ3) is 2.83. The third-order valence-corrected chi connectivity index (χ3v) is 3.50. The van der Waals surface area contributed by atoms with Crippen LogP contribution in [0, 0.1) is 5.82 Å². The molecule has 0 amide bonds. The van der Waals surface area contributed by atoms with Gasteiger partial charge in [0.2, 0.25) is 0 Å². The van der Waals surface area contributed by atoms with Crippen LogP contribution in [0.2, 0.25) is 0 Å². The summed E-state index contributed by atoms with van der Waals surface area (Å²) in [7, 11) is 3.39. The van der Waals surface area contributed by atoms with E-state index in [-0.39, 0.29) is 11.9 Å². The van der Waals surface area contributed by atoms with Crippen molar-refractivity contribution >= 4 is 0 Å². The lowest BCUT2D eigenvalue weighted by molar-refractivity contribution is 0.398. The van der Waals surface area contributed by atoms with Crippen molar-refractivity contribution in [2.45, 2.75) is 19.4 Å². The highest BCUT2D eigenvalue weighted by atomic mass is 19.1. The molecule has 2 rings (SSSR count). The molecule has 20 heavy (non-hydrogen) atoms. The molecule has 1 atom stereocenters. The second kappa shape index (κ2) is 6.53. The molecule has 2 aromatic carbocycles. The molecule has 0 saturated carbocycles. The number of hydrogen-bond donors (Lipinski definition) is 1. The fourth-order valence-corrected chi connectivity index (χ4v) is 2.45. The molecule has 1 unspecified atom stereocenters. The van der Waals surface area contributed by atoms with Crippen LogP contribution in [0.1, 0.15) is 29.7 Å². The Morgan fingerprint density at radius 1 is 1.20 bits per heavy atom. The first-order chi connectivity index (χ1) is 9.71. The molecule has 0 fully saturated rings. The Morgan fingerprint density at radius 3 is 2.60 bits per heavy atom. The van der Waals surface area contributed by atoms with Crippen molar-refractivity contribution in [3.05, 3.63) is 65.0 Å². The molecular formula is C17H20FNO. The zero-order chi connectivity index (χ0) is 14.5. The van der Waals surface area contributed by atoms with Crippen molar-refractivity contribution in [2.24, 2.45) is 0 Å². The average Bonchev–Trinajstić information content (AvgIpc) is 2.49. The van der Waals surface area contributed by atoms with Gasteiger partial charge in [-0.3, -0.25) is 0 Å². The molecule has 0 aromatic heterocycles. The Bertz CT molecular complexity index is 583. The Labute approximate surface area is 119 Å². The van der Waals surface area contributed by atoms with E-state index in [1.807, 2.05) is 19.2 Å². The normalized spacial score (nSPS) is 12.2. The van der Waals surface area contributed by atoms with Crippen molar-refractivity contribution in [3.8, 4) is 5.75 Å². The molecule has 2 aromatic rings. The number of ether oxygens (including phenoxy) is 1. The van der Waals surface area contributed by atoms with Gasteiger partial charge in [0.1, 0.15) is 11.6 Å². The summed E-state index contributed by atoms with van der Waals surface area (Å²) in [5.41, 5.74) is 2.82. The summed E-state index contributed by atoms with van der Waals surface area (Å²) < 4.78 is 19.5. The summed E-state index contributed by atoms with van der Waals surface area (Å²) in [6.07, 6.45) is 0.957. The molecule has 0 radical (unpaired) electrons. The summed E-state index contributed by atoms with van der Waals surface area (Å²) in [4.78, 5) is 0. The molecule has 106 valence electrons. The lowest BCUT2D eigenvalue weighted by Gasteiger charge is -2.21. The second-order valence-electron chi connectivity index (χ2n) is 4.68. The van der Waals surface area contributed by atoms with E-state index in [2.05, 4.69) is 24.4 Å². The highest BCUT2D eigenvalue weighted by Crippen LogP contribution is 2.32. The molecule has 0 aliphatic heterocycles. The second-order valence-corrected chi connectivity index (χ2v) is 4.68. The standard InChI is InChI=1S/C17H20FNO/c1-4-12-7-5-8-13(11-12)17(19-2)16-14(18)9-6-10-15(16)20-3/h5-11,17,19H,4H2,1-3H3. The van der Waals surface area contributed by atoms with E-state index in [1.165, 1.54) is 11.6 Å². The molecule has 0 heterocycles. The van der Waals surface area contributed by atoms with Crippen LogP contribution in [-0.4, -0.2) is 14.2 Å². The van der Waals surface area contributed by atoms with Gasteiger partial charge in [-0.15, -0.1) is 0 Å². The molecule has 0 saturated heterocycles. The molecule has 0 aliphatic rings. The number of hydrogen-bond acceptors (Lipinski definition) is 2. The van der Waals surface area contributed by atoms with E-state index in [0.717, 1.165) is 12.0 Å². The van der Waals surface area contributed by atoms with E-state index in [9.17, 15) is 4.39 Å². The van der Waals surface area contributed by atoms with E-state index >= 15 is 0 Å². The SMILES string of the molecule is CCc1cccc(C(NC)c2c(F)cccc2OC)c1. The van der Waals surface area contributed by atoms with E-state index in [4.69, 9.17) is 4.74 Å². The van der Waals surface area contributed by atoms with Gasteiger partial charge in [0.25, 0.3) is 0 Å². The van der Waals surface area contributed by atoms with Crippen molar-refractivity contribution in [2.75, 3.05) is 14.2 Å². The topological polar surface area (TPSA) is 21.3 Å². The largest absolute Gasteiger partial charge is 0.496 e. The van der Waals surface area contributed by atoms with Crippen molar-refractivity contribution in [3.63, 3.8) is 0 Å². The number of rotatable bonds is 5. The van der Waals surface area contributed by atoms with Gasteiger partial charge < -0.3 is 10.1 Å². The quantitative estimate of drug-likeness (QED) is 0.896. The maximum Gasteiger partial charge on any atom is 0.132 e. The van der Waals surface area contributed by atoms with Crippen LogP contribution in [0.5, 0.6) is 5.75 Å². The maximum absolute atomic E-state index is 14.2. The number of halogens is 1. The summed E-state index contributed by atoms with van der Waals surface area (Å²) in [6, 6.07) is 12.9. The van der Waals surface area contributed by atoms with Gasteiger partial charge in [-0.05, 0) is 36.7 Å². The molecule has 0 bridgehead atoms. The van der Waals surface area contributed by atoms with Crippen LogP contribution < -0.4 is 10.1 Å². The van der Waals surface area contributed by atoms with Crippen LogP contribution in [0.15, 0.2) is 42.5 Å². The predicted octanol–water partition coefficient (Wildman–Crippen LogP) is 3.71. The smallest absolute Gasteiger partial charge is 0.132 e. The number of benzene rings is 2. The minimum Gasteiger partial charge on any atom is -0.496 e. The van der Waals surface area contributed by atoms with Gasteiger partial charge >= 0.3 is 0 Å². The maximum atomic E-state index is 14.2. The highest BCUT2D eigenvalue weighted by molar-refractivity contribution is 5.43. The average molecular weight is 273 g/mol. The van der Waals surface area contributed by atoms with Crippen molar-refractivity contribution in [1.82, 2.24) is 5.32 Å². The highest BCUT2D eigenvalue weighted by Gasteiger charge is 2.20. The minimum atomic E-state index is -0.259. The fourth-order valence-electron chi connectivity index (χ4n) is 2.45. The van der Waals surface area contributed by atoms with Gasteiger partial charge in [0.15, 0.2) is 0 Å². The van der Waals surface area contributed by atoms with Crippen molar-refractivity contribution in [1.29, 1.82) is 0 Å². The molecule has 0 spiro atoms. The number of aryl methyl sites for hydroxylation is 1. The zero-order valence-electron chi connectivity index (χ0n) is 12.1. The number of nitrogens with one attached hydrogen (secondary N) is 1. The van der Waals surface area contributed by atoms with Gasteiger partial charge in [0.05, 0.1) is 18.7 Å². The first kappa shape index (κ1) is 14.5. The summed E-state index contributed by atoms with van der Waals surface area (Å²) in [5, 5.41) is 3.18. The molecule has 1 N–H and O–H groups in total. The molecule has 0 aliphatic carbocycles. The van der Waals surface area contributed by atoms with Gasteiger partial charge in [0, 0.05) is 0 Å². The van der Waals surface area contributed by atoms with Crippen LogP contribution in [0.4, 0.5) is 4.39 Å². The van der Waals surface area contributed by atoms with Gasteiger partial charge in [-0.2, -0.15) is 0 Å². The Hall–Kier alpha value is -1.87. The van der Waals surface area contributed by atoms with Crippen LogP contribution in [-0.2, 0) is 6.42 Å².